The topological polar surface area (TPSA) is 12.9 Å². The molecule has 0 aliphatic rings. The molecule has 3 aromatic rings. The highest BCUT2D eigenvalue weighted by molar-refractivity contribution is 7.07. The van der Waals surface area contributed by atoms with Gasteiger partial charge in [0.2, 0.25) is 0 Å². The summed E-state index contributed by atoms with van der Waals surface area (Å²) in [5.41, 5.74) is 6.50. The van der Waals surface area contributed by atoms with Gasteiger partial charge in [0, 0.05) is 11.6 Å². The minimum Gasteiger partial charge on any atom is -0.256 e. The van der Waals surface area contributed by atoms with Gasteiger partial charge in [-0.15, -0.1) is 0 Å². The van der Waals surface area contributed by atoms with E-state index in [1.165, 1.54) is 27.2 Å². The third kappa shape index (κ3) is 3.89. The van der Waals surface area contributed by atoms with Gasteiger partial charge in [-0.3, -0.25) is 4.98 Å². The second-order valence-electron chi connectivity index (χ2n) is 8.80. The smallest absolute Gasteiger partial charge is 0.114 e. The molecule has 26 heavy (non-hydrogen) atoms. The van der Waals surface area contributed by atoms with Crippen LogP contribution in [0.4, 0.5) is 0 Å². The second-order valence-corrected chi connectivity index (χ2v) is 18.1. The summed E-state index contributed by atoms with van der Waals surface area (Å²) in [6.45, 7) is 14.4. The third-order valence-corrected chi connectivity index (χ3v) is 9.86. The highest BCUT2D eigenvalue weighted by atomic mass is 28.3. The van der Waals surface area contributed by atoms with Crippen LogP contribution >= 0.6 is 0 Å². The van der Waals surface area contributed by atoms with Crippen molar-refractivity contribution >= 4 is 37.4 Å². The zero-order valence-corrected chi connectivity index (χ0v) is 18.8. The Morgan fingerprint density at radius 3 is 2.27 bits per heavy atom. The summed E-state index contributed by atoms with van der Waals surface area (Å²) >= 11 is 0. The van der Waals surface area contributed by atoms with E-state index in [1.54, 1.807) is 5.20 Å². The molecule has 0 saturated heterocycles. The monoisotopic (exact) mass is 375 g/mol. The maximum Gasteiger partial charge on any atom is 0.114 e. The Morgan fingerprint density at radius 1 is 0.885 bits per heavy atom. The van der Waals surface area contributed by atoms with Gasteiger partial charge >= 0.3 is 0 Å². The van der Waals surface area contributed by atoms with Crippen molar-refractivity contribution in [2.75, 3.05) is 0 Å². The fraction of sp³-hybridized carbons (Fsp3) is 0.261. The summed E-state index contributed by atoms with van der Waals surface area (Å²) in [6.07, 6.45) is 1.92. The lowest BCUT2D eigenvalue weighted by Gasteiger charge is -2.30. The van der Waals surface area contributed by atoms with Gasteiger partial charge in [-0.1, -0.05) is 97.7 Å². The molecule has 0 radical (unpaired) electrons. The second kappa shape index (κ2) is 6.97. The quantitative estimate of drug-likeness (QED) is 0.513. The van der Waals surface area contributed by atoms with E-state index in [0.717, 1.165) is 0 Å². The van der Waals surface area contributed by atoms with Crippen LogP contribution in [0.1, 0.15) is 11.1 Å². The predicted molar refractivity (Wildman–Crippen MR) is 121 cm³/mol. The molecular formula is C23H29NSi2. The first-order valence-corrected chi connectivity index (χ1v) is 15.9. The number of rotatable bonds is 4. The molecule has 1 aromatic heterocycles. The number of para-hydroxylation sites is 1. The van der Waals surface area contributed by atoms with Crippen LogP contribution in [0, 0.1) is 6.92 Å². The zero-order chi connectivity index (χ0) is 18.9. The molecule has 1 heterocycles. The van der Waals surface area contributed by atoms with Gasteiger partial charge in [0.15, 0.2) is 0 Å². The molecule has 2 aromatic carbocycles. The SMILES string of the molecule is Cc1cccc(/C(=C\[Si](C)(C)C)[Si](C)(C)c2cccc3cccnc23)c1. The Balaban J connectivity index is 2.27. The van der Waals surface area contributed by atoms with Crippen LogP contribution in [0.3, 0.4) is 0 Å². The Labute approximate surface area is 159 Å². The molecule has 0 aliphatic carbocycles. The first-order valence-electron chi connectivity index (χ1n) is 9.33. The van der Waals surface area contributed by atoms with Gasteiger partial charge < -0.3 is 0 Å². The molecule has 0 amide bonds. The summed E-state index contributed by atoms with van der Waals surface area (Å²) in [6, 6.07) is 19.9. The summed E-state index contributed by atoms with van der Waals surface area (Å²) in [4.78, 5) is 4.76. The van der Waals surface area contributed by atoms with Gasteiger partial charge in [0.25, 0.3) is 0 Å². The standard InChI is InChI=1S/C23H29NSi2/c1-18-10-7-12-20(16-18)22(17-25(2,3)4)26(5,6)21-14-8-11-19-13-9-15-24-23(19)21/h7-17H,1-6H3/b22-17+. The number of hydrogen-bond donors (Lipinski definition) is 0. The zero-order valence-electron chi connectivity index (χ0n) is 16.8. The number of pyridine rings is 1. The van der Waals surface area contributed by atoms with E-state index in [2.05, 4.69) is 93.9 Å². The van der Waals surface area contributed by atoms with E-state index in [0.29, 0.717) is 0 Å². The Kier molecular flexibility index (Phi) is 5.04. The fourth-order valence-electron chi connectivity index (χ4n) is 3.62. The molecule has 0 N–H and O–H groups in total. The molecule has 1 nitrogen and oxygen atoms in total. The average Bonchev–Trinajstić information content (AvgIpc) is 2.58. The molecule has 3 heteroatoms. The van der Waals surface area contributed by atoms with Crippen molar-refractivity contribution in [3.63, 3.8) is 0 Å². The Hall–Kier alpha value is -1.98. The summed E-state index contributed by atoms with van der Waals surface area (Å²) < 4.78 is 0. The van der Waals surface area contributed by atoms with Crippen LogP contribution in [0.5, 0.6) is 0 Å². The van der Waals surface area contributed by atoms with Crippen molar-refractivity contribution in [1.82, 2.24) is 4.98 Å². The normalized spacial score (nSPS) is 13.2. The lowest BCUT2D eigenvalue weighted by atomic mass is 10.1. The Morgan fingerprint density at radius 2 is 1.58 bits per heavy atom. The lowest BCUT2D eigenvalue weighted by Crippen LogP contribution is -2.44. The van der Waals surface area contributed by atoms with Crippen LogP contribution in [0.15, 0.2) is 66.5 Å². The minimum absolute atomic E-state index is 1.17. The summed E-state index contributed by atoms with van der Waals surface area (Å²) in [7, 11) is -3.29. The van der Waals surface area contributed by atoms with Crippen molar-refractivity contribution in [2.45, 2.75) is 39.7 Å². The number of aryl methyl sites for hydroxylation is 1. The number of benzene rings is 2. The van der Waals surface area contributed by atoms with Gasteiger partial charge in [0.1, 0.15) is 8.07 Å². The number of hydrogen-bond acceptors (Lipinski definition) is 1. The molecule has 0 saturated carbocycles. The van der Waals surface area contributed by atoms with Crippen LogP contribution in [-0.2, 0) is 0 Å². The van der Waals surface area contributed by atoms with Crippen molar-refractivity contribution < 1.29 is 0 Å². The van der Waals surface area contributed by atoms with Crippen molar-refractivity contribution in [1.29, 1.82) is 0 Å². The molecule has 0 aliphatic heterocycles. The number of nitrogens with zero attached hydrogens (tertiary/aromatic N) is 1. The van der Waals surface area contributed by atoms with Crippen molar-refractivity contribution in [3.8, 4) is 0 Å². The van der Waals surface area contributed by atoms with E-state index in [9.17, 15) is 0 Å². The molecule has 0 bridgehead atoms. The maximum atomic E-state index is 4.76. The lowest BCUT2D eigenvalue weighted by molar-refractivity contribution is 1.42. The van der Waals surface area contributed by atoms with E-state index in [1.807, 2.05) is 12.3 Å². The van der Waals surface area contributed by atoms with Gasteiger partial charge in [-0.05, 0) is 23.7 Å². The predicted octanol–water partition coefficient (Wildman–Crippen LogP) is 5.96. The van der Waals surface area contributed by atoms with E-state index < -0.39 is 16.1 Å². The first kappa shape index (κ1) is 18.8. The van der Waals surface area contributed by atoms with Crippen LogP contribution in [0.25, 0.3) is 16.1 Å². The molecule has 3 rings (SSSR count). The first-order chi connectivity index (χ1) is 12.2. The fourth-order valence-corrected chi connectivity index (χ4v) is 9.88. The minimum atomic E-state index is -1.91. The summed E-state index contributed by atoms with van der Waals surface area (Å²) in [5.74, 6) is 0. The molecular weight excluding hydrogens is 346 g/mol. The van der Waals surface area contributed by atoms with E-state index in [4.69, 9.17) is 4.98 Å². The average molecular weight is 376 g/mol. The van der Waals surface area contributed by atoms with Crippen LogP contribution in [-0.4, -0.2) is 21.1 Å². The largest absolute Gasteiger partial charge is 0.256 e. The van der Waals surface area contributed by atoms with E-state index >= 15 is 0 Å². The third-order valence-electron chi connectivity index (χ3n) is 4.89. The number of aromatic nitrogens is 1. The molecule has 0 fully saturated rings. The van der Waals surface area contributed by atoms with Crippen LogP contribution in [0.2, 0.25) is 32.7 Å². The Bertz CT molecular complexity index is 960. The number of fused-ring (bicyclic) bond motifs is 1. The van der Waals surface area contributed by atoms with Crippen LogP contribution < -0.4 is 5.19 Å². The molecule has 0 atom stereocenters. The van der Waals surface area contributed by atoms with Gasteiger partial charge in [0.05, 0.1) is 13.6 Å². The highest BCUT2D eigenvalue weighted by Gasteiger charge is 2.32. The molecule has 0 unspecified atom stereocenters. The van der Waals surface area contributed by atoms with Crippen molar-refractivity contribution in [2.24, 2.45) is 0 Å². The van der Waals surface area contributed by atoms with Gasteiger partial charge in [-0.25, -0.2) is 0 Å². The van der Waals surface area contributed by atoms with Crippen molar-refractivity contribution in [3.05, 3.63) is 77.6 Å². The molecule has 134 valence electrons. The van der Waals surface area contributed by atoms with E-state index in [-0.39, 0.29) is 0 Å². The molecule has 0 spiro atoms. The maximum absolute atomic E-state index is 4.76. The highest BCUT2D eigenvalue weighted by Crippen LogP contribution is 2.30. The van der Waals surface area contributed by atoms with Gasteiger partial charge in [-0.2, -0.15) is 0 Å². The summed E-state index contributed by atoms with van der Waals surface area (Å²) in [5, 5.41) is 4.22.